The molecule has 0 aliphatic carbocycles. The Morgan fingerprint density at radius 1 is 1.24 bits per heavy atom. The molecule has 1 heterocycles. The maximum absolute atomic E-state index is 12.7. The van der Waals surface area contributed by atoms with Gasteiger partial charge in [0.2, 0.25) is 0 Å². The fraction of sp³-hybridized carbons (Fsp3) is 0.364. The number of anilines is 1. The molecule has 0 saturated carbocycles. The number of methoxy groups -OCH3 is 2. The minimum atomic E-state index is -0.538. The van der Waals surface area contributed by atoms with Gasteiger partial charge in [0.15, 0.2) is 0 Å². The second kappa shape index (κ2) is 9.53. The van der Waals surface area contributed by atoms with Crippen molar-refractivity contribution in [1.82, 2.24) is 4.57 Å². The molecule has 6 nitrogen and oxygen atoms in total. The average Bonchev–Trinajstić information content (AvgIpc) is 2.93. The Balaban J connectivity index is 2.37. The van der Waals surface area contributed by atoms with Crippen molar-refractivity contribution in [3.05, 3.63) is 45.7 Å². The molecule has 0 radical (unpaired) electrons. The lowest BCUT2D eigenvalue weighted by molar-refractivity contribution is -0.112. The predicted molar refractivity (Wildman–Crippen MR) is 116 cm³/mol. The van der Waals surface area contributed by atoms with Gasteiger partial charge in [0.1, 0.15) is 23.1 Å². The van der Waals surface area contributed by atoms with Gasteiger partial charge in [-0.1, -0.05) is 25.4 Å². The molecule has 2 rings (SSSR count). The van der Waals surface area contributed by atoms with Gasteiger partial charge in [0, 0.05) is 30.1 Å². The van der Waals surface area contributed by atoms with E-state index < -0.39 is 5.91 Å². The van der Waals surface area contributed by atoms with Crippen LogP contribution in [-0.2, 0) is 11.3 Å². The summed E-state index contributed by atoms with van der Waals surface area (Å²) in [7, 11) is 2.95. The number of aromatic nitrogens is 1. The standard InChI is InChI=1S/C22H26ClN3O3/c1-13(2)12-26-14(3)7-16(15(26)4)8-17(11-24)22(27)25-19-10-20(28-5)18(23)9-21(19)29-6/h7-10,13H,12H2,1-6H3,(H,25,27)/b17-8+. The SMILES string of the molecule is COc1cc(NC(=O)/C(C#N)=C/c2cc(C)n(CC(C)C)c2C)c(OC)cc1Cl. The molecule has 1 aromatic carbocycles. The fourth-order valence-electron chi connectivity index (χ4n) is 3.07. The van der Waals surface area contributed by atoms with Crippen LogP contribution in [0.3, 0.4) is 0 Å². The Morgan fingerprint density at radius 2 is 1.90 bits per heavy atom. The second-order valence-corrected chi connectivity index (χ2v) is 7.55. The van der Waals surface area contributed by atoms with Crippen molar-refractivity contribution < 1.29 is 14.3 Å². The first-order valence-corrected chi connectivity index (χ1v) is 9.61. The summed E-state index contributed by atoms with van der Waals surface area (Å²) in [5.74, 6) is 0.714. The van der Waals surface area contributed by atoms with Crippen LogP contribution >= 0.6 is 11.6 Å². The lowest BCUT2D eigenvalue weighted by Crippen LogP contribution is -2.14. The molecule has 0 bridgehead atoms. The summed E-state index contributed by atoms with van der Waals surface area (Å²) in [6.07, 6.45) is 1.61. The number of hydrogen-bond donors (Lipinski definition) is 1. The maximum atomic E-state index is 12.7. The van der Waals surface area contributed by atoms with E-state index in [1.807, 2.05) is 26.0 Å². The van der Waals surface area contributed by atoms with Crippen molar-refractivity contribution in [1.29, 1.82) is 5.26 Å². The highest BCUT2D eigenvalue weighted by Crippen LogP contribution is 2.36. The maximum Gasteiger partial charge on any atom is 0.266 e. The Labute approximate surface area is 176 Å². The van der Waals surface area contributed by atoms with Gasteiger partial charge in [-0.3, -0.25) is 4.79 Å². The summed E-state index contributed by atoms with van der Waals surface area (Å²) >= 11 is 6.10. The van der Waals surface area contributed by atoms with Gasteiger partial charge >= 0.3 is 0 Å². The van der Waals surface area contributed by atoms with Gasteiger partial charge in [-0.15, -0.1) is 0 Å². The number of hydrogen-bond acceptors (Lipinski definition) is 4. The number of nitrogens with one attached hydrogen (secondary N) is 1. The third-order valence-electron chi connectivity index (χ3n) is 4.55. The lowest BCUT2D eigenvalue weighted by atomic mass is 10.1. The van der Waals surface area contributed by atoms with Gasteiger partial charge in [-0.05, 0) is 37.5 Å². The molecule has 0 saturated heterocycles. The van der Waals surface area contributed by atoms with E-state index in [0.717, 1.165) is 23.5 Å². The van der Waals surface area contributed by atoms with E-state index in [1.165, 1.54) is 14.2 Å². The number of rotatable bonds is 7. The summed E-state index contributed by atoms with van der Waals surface area (Å²) in [6.45, 7) is 9.18. The van der Waals surface area contributed by atoms with Crippen molar-refractivity contribution in [2.24, 2.45) is 5.92 Å². The first-order valence-electron chi connectivity index (χ1n) is 9.23. The Bertz CT molecular complexity index is 984. The van der Waals surface area contributed by atoms with Crippen LogP contribution < -0.4 is 14.8 Å². The molecule has 0 fully saturated rings. The van der Waals surface area contributed by atoms with Gasteiger partial charge < -0.3 is 19.4 Å². The third-order valence-corrected chi connectivity index (χ3v) is 4.84. The Morgan fingerprint density at radius 3 is 2.45 bits per heavy atom. The molecule has 0 atom stereocenters. The number of carbonyl (C=O) groups is 1. The van der Waals surface area contributed by atoms with Crippen LogP contribution in [-0.4, -0.2) is 24.7 Å². The molecule has 0 aliphatic rings. The molecule has 1 aromatic heterocycles. The zero-order valence-corrected chi connectivity index (χ0v) is 18.3. The highest BCUT2D eigenvalue weighted by molar-refractivity contribution is 6.32. The number of nitriles is 1. The zero-order chi connectivity index (χ0) is 21.7. The molecule has 0 unspecified atom stereocenters. The van der Waals surface area contributed by atoms with E-state index in [0.29, 0.717) is 28.1 Å². The molecule has 154 valence electrons. The number of ether oxygens (including phenoxy) is 2. The molecule has 0 aliphatic heterocycles. The molecule has 29 heavy (non-hydrogen) atoms. The van der Waals surface area contributed by atoms with E-state index in [4.69, 9.17) is 21.1 Å². The van der Waals surface area contributed by atoms with Crippen molar-refractivity contribution in [2.75, 3.05) is 19.5 Å². The number of amides is 1. The van der Waals surface area contributed by atoms with Gasteiger partial charge in [0.05, 0.1) is 24.9 Å². The monoisotopic (exact) mass is 415 g/mol. The Hall–Kier alpha value is -2.91. The van der Waals surface area contributed by atoms with E-state index in [1.54, 1.807) is 18.2 Å². The fourth-order valence-corrected chi connectivity index (χ4v) is 3.30. The lowest BCUT2D eigenvalue weighted by Gasteiger charge is -2.13. The summed E-state index contributed by atoms with van der Waals surface area (Å²) < 4.78 is 12.7. The topological polar surface area (TPSA) is 76.3 Å². The molecule has 1 N–H and O–H groups in total. The van der Waals surface area contributed by atoms with E-state index in [9.17, 15) is 10.1 Å². The predicted octanol–water partition coefficient (Wildman–Crippen LogP) is 4.98. The molecule has 7 heteroatoms. The van der Waals surface area contributed by atoms with Crippen LogP contribution in [0.5, 0.6) is 11.5 Å². The number of benzene rings is 1. The molecular weight excluding hydrogens is 390 g/mol. The molecule has 0 spiro atoms. The van der Waals surface area contributed by atoms with Crippen molar-refractivity contribution in [3.63, 3.8) is 0 Å². The molecular formula is C22H26ClN3O3. The summed E-state index contributed by atoms with van der Waals surface area (Å²) in [5, 5.41) is 12.6. The number of aryl methyl sites for hydroxylation is 1. The summed E-state index contributed by atoms with van der Waals surface area (Å²) in [4.78, 5) is 12.7. The van der Waals surface area contributed by atoms with Crippen molar-refractivity contribution in [2.45, 2.75) is 34.2 Å². The highest BCUT2D eigenvalue weighted by Gasteiger charge is 2.17. The third kappa shape index (κ3) is 5.12. The number of halogens is 1. The van der Waals surface area contributed by atoms with Crippen molar-refractivity contribution >= 4 is 29.3 Å². The Kier molecular flexibility index (Phi) is 7.35. The normalized spacial score (nSPS) is 11.3. The van der Waals surface area contributed by atoms with E-state index >= 15 is 0 Å². The highest BCUT2D eigenvalue weighted by atomic mass is 35.5. The number of carbonyl (C=O) groups excluding carboxylic acids is 1. The van der Waals surface area contributed by atoms with Crippen LogP contribution in [0.25, 0.3) is 6.08 Å². The average molecular weight is 416 g/mol. The van der Waals surface area contributed by atoms with Gasteiger partial charge in [-0.25, -0.2) is 0 Å². The van der Waals surface area contributed by atoms with Crippen LogP contribution in [0.2, 0.25) is 5.02 Å². The van der Waals surface area contributed by atoms with Crippen molar-refractivity contribution in [3.8, 4) is 17.6 Å². The minimum absolute atomic E-state index is 0.00855. The number of nitrogens with zero attached hydrogens (tertiary/aromatic N) is 2. The summed E-state index contributed by atoms with van der Waals surface area (Å²) in [5.41, 5.74) is 3.30. The van der Waals surface area contributed by atoms with Crippen LogP contribution in [0.15, 0.2) is 23.8 Å². The smallest absolute Gasteiger partial charge is 0.266 e. The first kappa shape index (κ1) is 22.4. The van der Waals surface area contributed by atoms with Gasteiger partial charge in [-0.2, -0.15) is 5.26 Å². The largest absolute Gasteiger partial charge is 0.495 e. The second-order valence-electron chi connectivity index (χ2n) is 7.14. The van der Waals surface area contributed by atoms with Crippen LogP contribution in [0.1, 0.15) is 30.8 Å². The first-order chi connectivity index (χ1) is 13.7. The zero-order valence-electron chi connectivity index (χ0n) is 17.6. The molecule has 2 aromatic rings. The van der Waals surface area contributed by atoms with Crippen LogP contribution in [0, 0.1) is 31.1 Å². The van der Waals surface area contributed by atoms with Crippen LogP contribution in [0.4, 0.5) is 5.69 Å². The van der Waals surface area contributed by atoms with Gasteiger partial charge in [0.25, 0.3) is 5.91 Å². The summed E-state index contributed by atoms with van der Waals surface area (Å²) in [6, 6.07) is 7.07. The molecule has 1 amide bonds. The minimum Gasteiger partial charge on any atom is -0.495 e. The van der Waals surface area contributed by atoms with E-state index in [2.05, 4.69) is 23.7 Å². The van der Waals surface area contributed by atoms with E-state index in [-0.39, 0.29) is 5.57 Å². The quantitative estimate of drug-likeness (QED) is 0.511.